The number of rotatable bonds is 10. The molecule has 2 aromatic carbocycles. The fourth-order valence-corrected chi connectivity index (χ4v) is 4.17. The maximum absolute atomic E-state index is 12.7. The summed E-state index contributed by atoms with van der Waals surface area (Å²) in [6.45, 7) is 2.43. The van der Waals surface area contributed by atoms with Gasteiger partial charge in [-0.15, -0.1) is 0 Å². The quantitative estimate of drug-likeness (QED) is 0.584. The number of alkyl carbamates (subject to hydrolysis) is 1. The molecular formula is C25H30N2O5. The normalized spacial score (nSPS) is 13.1. The van der Waals surface area contributed by atoms with Crippen molar-refractivity contribution < 1.29 is 24.2 Å². The highest BCUT2D eigenvalue weighted by Crippen LogP contribution is 2.44. The van der Waals surface area contributed by atoms with Gasteiger partial charge in [-0.2, -0.15) is 0 Å². The topological polar surface area (TPSA) is 95.9 Å². The van der Waals surface area contributed by atoms with Crippen LogP contribution in [-0.2, 0) is 14.3 Å². The lowest BCUT2D eigenvalue weighted by Gasteiger charge is -2.24. The van der Waals surface area contributed by atoms with E-state index in [0.29, 0.717) is 25.8 Å². The molecule has 0 heterocycles. The minimum absolute atomic E-state index is 0.00410. The van der Waals surface area contributed by atoms with E-state index < -0.39 is 18.1 Å². The van der Waals surface area contributed by atoms with Gasteiger partial charge in [0.25, 0.3) is 0 Å². The second kappa shape index (κ2) is 10.8. The van der Waals surface area contributed by atoms with Crippen LogP contribution in [0.3, 0.4) is 0 Å². The van der Waals surface area contributed by atoms with Crippen LogP contribution in [0.15, 0.2) is 48.5 Å². The minimum Gasteiger partial charge on any atom is -0.481 e. The highest BCUT2D eigenvalue weighted by Gasteiger charge is 2.30. The van der Waals surface area contributed by atoms with Crippen molar-refractivity contribution in [2.45, 2.75) is 44.6 Å². The van der Waals surface area contributed by atoms with Crippen LogP contribution in [-0.4, -0.2) is 54.2 Å². The number of nitrogens with one attached hydrogen (secondary N) is 1. The third kappa shape index (κ3) is 5.46. The van der Waals surface area contributed by atoms with Crippen LogP contribution >= 0.6 is 0 Å². The zero-order valence-electron chi connectivity index (χ0n) is 18.5. The Kier molecular flexibility index (Phi) is 7.87. The van der Waals surface area contributed by atoms with Crippen molar-refractivity contribution in [1.82, 2.24) is 10.2 Å². The van der Waals surface area contributed by atoms with E-state index >= 15 is 0 Å². The number of nitrogens with zero attached hydrogens (tertiary/aromatic N) is 1. The standard InChI is InChI=1S/C25H30N2O5/c1-3-9-22(24(30)27(2)15-8-14-23(28)29)26-25(31)32-16-21-19-12-6-4-10-17(19)18-11-5-7-13-20(18)21/h4-7,10-13,21-22H,3,8-9,14-16H2,1-2H3,(H,26,31)(H,28,29)/t22-/m1/s1. The molecule has 0 fully saturated rings. The van der Waals surface area contributed by atoms with E-state index in [1.165, 1.54) is 4.90 Å². The van der Waals surface area contributed by atoms with E-state index in [4.69, 9.17) is 9.84 Å². The minimum atomic E-state index is -0.896. The molecule has 0 saturated heterocycles. The van der Waals surface area contributed by atoms with E-state index in [1.54, 1.807) is 7.05 Å². The predicted octanol–water partition coefficient (Wildman–Crippen LogP) is 4.02. The number of benzene rings is 2. The van der Waals surface area contributed by atoms with Crippen LogP contribution in [0.2, 0.25) is 0 Å². The van der Waals surface area contributed by atoms with Crippen molar-refractivity contribution in [2.24, 2.45) is 0 Å². The first kappa shape index (κ1) is 23.3. The zero-order valence-corrected chi connectivity index (χ0v) is 18.5. The molecule has 0 unspecified atom stereocenters. The molecule has 32 heavy (non-hydrogen) atoms. The molecule has 1 atom stereocenters. The van der Waals surface area contributed by atoms with Gasteiger partial charge in [-0.05, 0) is 35.1 Å². The Labute approximate surface area is 188 Å². The third-order valence-corrected chi connectivity index (χ3v) is 5.77. The second-order valence-corrected chi connectivity index (χ2v) is 8.07. The summed E-state index contributed by atoms with van der Waals surface area (Å²) in [4.78, 5) is 37.5. The molecule has 0 aliphatic heterocycles. The van der Waals surface area contributed by atoms with E-state index in [-0.39, 0.29) is 24.9 Å². The fraction of sp³-hybridized carbons (Fsp3) is 0.400. The Morgan fingerprint density at radius 2 is 1.66 bits per heavy atom. The molecule has 1 aliphatic carbocycles. The molecule has 0 bridgehead atoms. The van der Waals surface area contributed by atoms with Crippen molar-refractivity contribution in [3.05, 3.63) is 59.7 Å². The maximum atomic E-state index is 12.7. The number of carbonyl (C=O) groups is 3. The van der Waals surface area contributed by atoms with Crippen LogP contribution in [0.25, 0.3) is 11.1 Å². The highest BCUT2D eigenvalue weighted by molar-refractivity contribution is 5.85. The molecule has 1 aliphatic rings. The first-order valence-electron chi connectivity index (χ1n) is 11.0. The summed E-state index contributed by atoms with van der Waals surface area (Å²) < 4.78 is 5.56. The first-order chi connectivity index (χ1) is 15.4. The van der Waals surface area contributed by atoms with Crippen LogP contribution in [0.4, 0.5) is 4.79 Å². The van der Waals surface area contributed by atoms with Gasteiger partial charge in [0.1, 0.15) is 12.6 Å². The molecule has 170 valence electrons. The Hall–Kier alpha value is -3.35. The molecule has 2 amide bonds. The number of carboxylic acid groups (broad SMARTS) is 1. The lowest BCUT2D eigenvalue weighted by Crippen LogP contribution is -2.47. The second-order valence-electron chi connectivity index (χ2n) is 8.07. The van der Waals surface area contributed by atoms with Crippen molar-refractivity contribution >= 4 is 18.0 Å². The summed E-state index contributed by atoms with van der Waals surface area (Å²) in [5, 5.41) is 11.5. The van der Waals surface area contributed by atoms with Gasteiger partial charge in [-0.1, -0.05) is 61.9 Å². The molecule has 0 radical (unpaired) electrons. The smallest absolute Gasteiger partial charge is 0.407 e. The SMILES string of the molecule is CCC[C@@H](NC(=O)OCC1c2ccccc2-c2ccccc21)C(=O)N(C)CCCC(=O)O. The van der Waals surface area contributed by atoms with Gasteiger partial charge in [0.05, 0.1) is 0 Å². The number of aliphatic carboxylic acids is 1. The van der Waals surface area contributed by atoms with E-state index in [9.17, 15) is 14.4 Å². The van der Waals surface area contributed by atoms with Gasteiger partial charge in [0.2, 0.25) is 5.91 Å². The molecule has 7 nitrogen and oxygen atoms in total. The van der Waals surface area contributed by atoms with Gasteiger partial charge in [-0.25, -0.2) is 4.79 Å². The van der Waals surface area contributed by atoms with Gasteiger partial charge < -0.3 is 20.1 Å². The summed E-state index contributed by atoms with van der Waals surface area (Å²) in [6.07, 6.45) is 0.921. The molecule has 2 aromatic rings. The fourth-order valence-electron chi connectivity index (χ4n) is 4.17. The molecule has 2 N–H and O–H groups in total. The maximum Gasteiger partial charge on any atom is 0.407 e. The van der Waals surface area contributed by atoms with Crippen LogP contribution in [0, 0.1) is 0 Å². The molecule has 3 rings (SSSR count). The van der Waals surface area contributed by atoms with Crippen molar-refractivity contribution in [3.63, 3.8) is 0 Å². The molecule has 0 spiro atoms. The summed E-state index contributed by atoms with van der Waals surface area (Å²) in [6, 6.07) is 15.5. The average molecular weight is 439 g/mol. The van der Waals surface area contributed by atoms with E-state index in [2.05, 4.69) is 29.6 Å². The number of likely N-dealkylation sites (N-methyl/N-ethyl adjacent to an activating group) is 1. The number of carbonyl (C=O) groups excluding carboxylic acids is 2. The summed E-state index contributed by atoms with van der Waals surface area (Å²) >= 11 is 0. The highest BCUT2D eigenvalue weighted by atomic mass is 16.5. The average Bonchev–Trinajstić information content (AvgIpc) is 3.10. The number of ether oxygens (including phenoxy) is 1. The van der Waals surface area contributed by atoms with Crippen molar-refractivity contribution in [2.75, 3.05) is 20.2 Å². The molecule has 0 saturated carbocycles. The number of carboxylic acids is 1. The van der Waals surface area contributed by atoms with Crippen LogP contribution in [0.1, 0.15) is 49.7 Å². The van der Waals surface area contributed by atoms with E-state index in [1.807, 2.05) is 31.2 Å². The third-order valence-electron chi connectivity index (χ3n) is 5.77. The van der Waals surface area contributed by atoms with Gasteiger partial charge in [-0.3, -0.25) is 9.59 Å². The Balaban J connectivity index is 1.60. The van der Waals surface area contributed by atoms with Gasteiger partial charge in [0, 0.05) is 25.9 Å². The Morgan fingerprint density at radius 1 is 1.06 bits per heavy atom. The number of hydrogen-bond donors (Lipinski definition) is 2. The molecular weight excluding hydrogens is 408 g/mol. The predicted molar refractivity (Wildman–Crippen MR) is 121 cm³/mol. The largest absolute Gasteiger partial charge is 0.481 e. The number of hydrogen-bond acceptors (Lipinski definition) is 4. The Bertz CT molecular complexity index is 929. The van der Waals surface area contributed by atoms with Gasteiger partial charge >= 0.3 is 12.1 Å². The Morgan fingerprint density at radius 3 is 2.22 bits per heavy atom. The summed E-state index contributed by atoms with van der Waals surface area (Å²) in [5.74, 6) is -1.19. The summed E-state index contributed by atoms with van der Waals surface area (Å²) in [7, 11) is 1.62. The lowest BCUT2D eigenvalue weighted by molar-refractivity contribution is -0.138. The molecule has 0 aromatic heterocycles. The lowest BCUT2D eigenvalue weighted by atomic mass is 9.98. The molecule has 7 heteroatoms. The zero-order chi connectivity index (χ0) is 23.1. The van der Waals surface area contributed by atoms with Crippen molar-refractivity contribution in [3.8, 4) is 11.1 Å². The van der Waals surface area contributed by atoms with E-state index in [0.717, 1.165) is 22.3 Å². The first-order valence-corrected chi connectivity index (χ1v) is 11.0. The van der Waals surface area contributed by atoms with Crippen molar-refractivity contribution in [1.29, 1.82) is 0 Å². The monoisotopic (exact) mass is 438 g/mol. The number of amides is 2. The van der Waals surface area contributed by atoms with Crippen LogP contribution in [0.5, 0.6) is 0 Å². The van der Waals surface area contributed by atoms with Gasteiger partial charge in [0.15, 0.2) is 0 Å². The summed E-state index contributed by atoms with van der Waals surface area (Å²) in [5.41, 5.74) is 4.56. The number of fused-ring (bicyclic) bond motifs is 3. The van der Waals surface area contributed by atoms with Crippen LogP contribution < -0.4 is 5.32 Å².